The van der Waals surface area contributed by atoms with Crippen LogP contribution in [0.4, 0.5) is 0 Å². The molecule has 608 valence electrons. The van der Waals surface area contributed by atoms with Crippen molar-refractivity contribution in [3.05, 3.63) is 277 Å². The molecule has 1 atom stereocenters. The molecule has 15 heteroatoms. The summed E-state index contributed by atoms with van der Waals surface area (Å²) >= 11 is 0. The Bertz CT molecular complexity index is 6370. The van der Waals surface area contributed by atoms with Crippen molar-refractivity contribution >= 4 is 0 Å². The second-order valence-electron chi connectivity index (χ2n) is 39.1. The number of aryl methyl sites for hydroxylation is 11. The number of aromatic nitrogens is 15. The maximum absolute atomic E-state index is 8.18. The van der Waals surface area contributed by atoms with Gasteiger partial charge in [-0.15, -0.1) is 37.5 Å². The van der Waals surface area contributed by atoms with Crippen molar-refractivity contribution in [3.8, 4) is 62.6 Å². The zero-order valence-corrected chi connectivity index (χ0v) is 75.9. The van der Waals surface area contributed by atoms with Crippen molar-refractivity contribution < 1.29 is 31.6 Å². The molecule has 10 heterocycles. The summed E-state index contributed by atoms with van der Waals surface area (Å²) in [7, 11) is 10.2. The summed E-state index contributed by atoms with van der Waals surface area (Å²) in [5.41, 5.74) is 23.6. The highest BCUT2D eigenvalue weighted by Gasteiger charge is 2.58. The largest absolute Gasteiger partial charge is 0.351 e. The van der Waals surface area contributed by atoms with Gasteiger partial charge in [-0.1, -0.05) is 191 Å². The van der Waals surface area contributed by atoms with Crippen LogP contribution in [0.1, 0.15) is 254 Å². The van der Waals surface area contributed by atoms with Crippen LogP contribution in [-0.4, -0.2) is 48.3 Å². The summed E-state index contributed by atoms with van der Waals surface area (Å²) in [5, 5.41) is 0. The van der Waals surface area contributed by atoms with Crippen molar-refractivity contribution in [2.45, 2.75) is 255 Å². The minimum absolute atomic E-state index is 0.00331. The van der Waals surface area contributed by atoms with E-state index in [0.29, 0.717) is 11.4 Å². The van der Waals surface area contributed by atoms with Crippen LogP contribution in [0.3, 0.4) is 0 Å². The van der Waals surface area contributed by atoms with Gasteiger partial charge >= 0.3 is 30.1 Å². The highest BCUT2D eigenvalue weighted by molar-refractivity contribution is 5.64. The van der Waals surface area contributed by atoms with Gasteiger partial charge in [0.25, 0.3) is 29.1 Å². The first-order valence-electron chi connectivity index (χ1n) is 44.6. The molecule has 1 unspecified atom stereocenters. The van der Waals surface area contributed by atoms with Crippen LogP contribution in [0.15, 0.2) is 170 Å². The van der Waals surface area contributed by atoms with Crippen molar-refractivity contribution in [3.63, 3.8) is 0 Å². The van der Waals surface area contributed by atoms with Gasteiger partial charge in [0.1, 0.15) is 35.2 Å². The number of nitrogens with zero attached hydrogens (tertiary/aromatic N) is 15. The summed E-state index contributed by atoms with van der Waals surface area (Å²) in [4.78, 5) is 24.6. The van der Waals surface area contributed by atoms with Crippen LogP contribution in [-0.2, 0) is 89.4 Å². The van der Waals surface area contributed by atoms with Gasteiger partial charge in [-0.2, -0.15) is 9.36 Å². The van der Waals surface area contributed by atoms with Crippen LogP contribution in [0, 0.1) is 62.2 Å². The summed E-state index contributed by atoms with van der Waals surface area (Å²) in [6, 6.07) is 55.1. The molecule has 0 spiro atoms. The summed E-state index contributed by atoms with van der Waals surface area (Å²) in [6.07, 6.45) is 3.60. The average Bonchev–Trinajstić information content (AvgIpc) is 1.52. The number of fused-ring (bicyclic) bond motifs is 15. The first-order chi connectivity index (χ1) is 56.9. The molecule has 18 rings (SSSR count). The van der Waals surface area contributed by atoms with Crippen LogP contribution in [0.2, 0.25) is 0 Å². The topological polar surface area (TPSA) is 108 Å². The molecular formula is C102H130N15+5. The van der Waals surface area contributed by atoms with Crippen LogP contribution < -0.4 is 23.4 Å². The molecule has 0 aliphatic carbocycles. The second-order valence-corrected chi connectivity index (χ2v) is 39.1. The molecule has 5 aliphatic rings. The van der Waals surface area contributed by atoms with Crippen LogP contribution in [0.5, 0.6) is 0 Å². The molecular weight excluding hydrogens is 1440 g/mol. The molecule has 0 amide bonds. The molecule has 13 aromatic rings. The van der Waals surface area contributed by atoms with Crippen molar-refractivity contribution in [1.82, 2.24) is 48.3 Å². The van der Waals surface area contributed by atoms with E-state index in [2.05, 4.69) is 349 Å². The van der Waals surface area contributed by atoms with E-state index in [0.717, 1.165) is 74.3 Å². The Morgan fingerprint density at radius 3 is 0.821 bits per heavy atom. The average molecular weight is 1570 g/mol. The molecule has 5 aromatic heterocycles. The Kier molecular flexibility index (Phi) is 18.0. The SMILES string of the molecule is Cc1cc(C)cc(-c2nc3n([n+]2C)-c2c(C)cccc2C(C)(C)C3(C)C)c1.Cc1cccc2c1-n1c(nc(-c3ccccc3)[n+]1C)C(C)(C)C2(C)C.Cc1cccc2c1-n1c(nc[n+]1C)C(C)(C)C2(C)C.[2H]C([2H])([2H])C1(C)c2nc[n+](C)n2-c2c(C)cccc2C1(C)C.[2H]C([2H])([2H])c1cc(C)cc(-c2nc3n([n+]2C)-c2c(C)cccc2C(C)(C)C3(C)C)c1. The number of para-hydroxylation sites is 5. The monoisotopic (exact) mass is 1570 g/mol. The maximum Gasteiger partial charge on any atom is 0.351 e. The molecule has 5 aliphatic heterocycles. The Labute approximate surface area is 706 Å². The van der Waals surface area contributed by atoms with Crippen molar-refractivity contribution in [2.24, 2.45) is 35.2 Å². The zero-order chi connectivity index (χ0) is 90.4. The zero-order valence-electron chi connectivity index (χ0n) is 81.9. The fourth-order valence-electron chi connectivity index (χ4n) is 19.0. The normalized spacial score (nSPS) is 19.3. The van der Waals surface area contributed by atoms with E-state index in [4.69, 9.17) is 23.2 Å². The highest BCUT2D eigenvalue weighted by Crippen LogP contribution is 2.55. The highest BCUT2D eigenvalue weighted by atomic mass is 15.5. The maximum atomic E-state index is 8.18. The molecule has 0 bridgehead atoms. The van der Waals surface area contributed by atoms with Gasteiger partial charge in [0.05, 0.1) is 72.2 Å². The number of hydrogen-bond donors (Lipinski definition) is 0. The fraction of sp³-hybridized carbons (Fsp3) is 0.431. The lowest BCUT2D eigenvalue weighted by molar-refractivity contribution is -0.746. The Hall–Kier alpha value is -10.5. The summed E-state index contributed by atoms with van der Waals surface area (Å²) in [6.45, 7) is 55.4. The second kappa shape index (κ2) is 28.1. The molecule has 15 nitrogen and oxygen atoms in total. The van der Waals surface area contributed by atoms with Gasteiger partial charge in [0.15, 0.2) is 0 Å². The summed E-state index contributed by atoms with van der Waals surface area (Å²) in [5.74, 6) is 7.80. The third-order valence-electron chi connectivity index (χ3n) is 29.4. The first-order valence-corrected chi connectivity index (χ1v) is 41.6. The van der Waals surface area contributed by atoms with Gasteiger partial charge in [-0.3, -0.25) is 0 Å². The van der Waals surface area contributed by atoms with E-state index < -0.39 is 24.5 Å². The fourth-order valence-corrected chi connectivity index (χ4v) is 19.0. The molecule has 117 heavy (non-hydrogen) atoms. The molecule has 8 aromatic carbocycles. The van der Waals surface area contributed by atoms with Gasteiger partial charge in [0.2, 0.25) is 0 Å². The van der Waals surface area contributed by atoms with E-state index in [9.17, 15) is 0 Å². The van der Waals surface area contributed by atoms with Crippen LogP contribution in [0.25, 0.3) is 62.6 Å². The first kappa shape index (κ1) is 75.2. The van der Waals surface area contributed by atoms with Gasteiger partial charge in [-0.25, -0.2) is 0 Å². The van der Waals surface area contributed by atoms with E-state index in [1.54, 1.807) is 18.5 Å². The molecule has 0 saturated heterocycles. The van der Waals surface area contributed by atoms with Gasteiger partial charge < -0.3 is 0 Å². The van der Waals surface area contributed by atoms with Crippen molar-refractivity contribution in [2.75, 3.05) is 0 Å². The number of rotatable bonds is 3. The lowest BCUT2D eigenvalue weighted by Gasteiger charge is -2.44. The smallest absolute Gasteiger partial charge is 0.154 e. The lowest BCUT2D eigenvalue weighted by atomic mass is 9.61. The minimum atomic E-state index is -2.16. The molecule has 0 fully saturated rings. The standard InChI is InChI=1S/2C24H30N3.C22H26N3.2C16H22N3/c2*1-15-12-16(2)14-18(13-15)21-25-22-24(6,7)23(4,5)19-11-9-10-17(3)20(19)27(22)26(21)8;1-15-11-10-14-17-18(15)25-20(22(4,5)21(17,2)3)23-19(24(25)6)16-12-8-7-9-13-16;2*1-11-8-7-9-12-13(11)19-14(17-10-18(19)6)16(4,5)15(12,2)3/h2*9-14H,1-8H3;7-14H,1-6H3;2*7-10H,1-6H3/q5*+1/i1D3;;;4D3;. The Morgan fingerprint density at radius 1 is 0.265 bits per heavy atom. The predicted octanol–water partition coefficient (Wildman–Crippen LogP) is 19.1. The third-order valence-corrected chi connectivity index (χ3v) is 29.4. The van der Waals surface area contributed by atoms with E-state index in [-0.39, 0.29) is 43.3 Å². The van der Waals surface area contributed by atoms with Gasteiger partial charge in [0, 0.05) is 35.3 Å². The van der Waals surface area contributed by atoms with E-state index in [1.165, 1.54) is 83.9 Å². The van der Waals surface area contributed by atoms with E-state index >= 15 is 0 Å². The van der Waals surface area contributed by atoms with Crippen molar-refractivity contribution in [1.29, 1.82) is 0 Å². The summed E-state index contributed by atoms with van der Waals surface area (Å²) < 4.78 is 69.6. The lowest BCUT2D eigenvalue weighted by Crippen LogP contribution is -2.51. The molecule has 0 N–H and O–H groups in total. The molecule has 0 saturated carbocycles. The predicted molar refractivity (Wildman–Crippen MR) is 473 cm³/mol. The Morgan fingerprint density at radius 2 is 0.521 bits per heavy atom. The third kappa shape index (κ3) is 12.3. The number of hydrogen-bond acceptors (Lipinski definition) is 5. The van der Waals surface area contributed by atoms with Crippen LogP contribution >= 0.6 is 0 Å². The van der Waals surface area contributed by atoms with Gasteiger partial charge in [-0.05, 0) is 271 Å². The quantitative estimate of drug-likeness (QED) is 0.164. The minimum Gasteiger partial charge on any atom is -0.154 e. The Balaban J connectivity index is 0.000000126. The molecule has 0 radical (unpaired) electrons. The van der Waals surface area contributed by atoms with E-state index in [1.807, 2.05) is 81.7 Å². The number of benzene rings is 8.